The van der Waals surface area contributed by atoms with Crippen molar-refractivity contribution < 1.29 is 49.4 Å². The van der Waals surface area contributed by atoms with Crippen LogP contribution in [0.3, 0.4) is 0 Å². The fourth-order valence-corrected chi connectivity index (χ4v) is 5.56. The lowest BCUT2D eigenvalue weighted by molar-refractivity contribution is -0.253. The number of ether oxygens (including phenoxy) is 2. The minimum absolute atomic E-state index is 0.0634. The van der Waals surface area contributed by atoms with Crippen LogP contribution in [-0.2, 0) is 20.7 Å². The highest BCUT2D eigenvalue weighted by molar-refractivity contribution is 6.31. The van der Waals surface area contributed by atoms with Crippen molar-refractivity contribution in [3.05, 3.63) is 51.6 Å². The molecule has 3 aliphatic rings. The number of phenols is 3. The van der Waals surface area contributed by atoms with E-state index in [9.17, 15) is 39.9 Å². The van der Waals surface area contributed by atoms with Crippen molar-refractivity contribution in [2.45, 2.75) is 70.2 Å². The number of hydrogen-bond donors (Lipinski definition) is 5. The molecule has 196 valence electrons. The van der Waals surface area contributed by atoms with Crippen molar-refractivity contribution in [1.29, 1.82) is 0 Å². The quantitative estimate of drug-likeness (QED) is 0.327. The molecule has 10 heteroatoms. The maximum absolute atomic E-state index is 13.4. The number of ketones is 3. The number of carbonyl (C=O) groups excluding carboxylic acids is 3. The lowest BCUT2D eigenvalue weighted by Gasteiger charge is -2.42. The van der Waals surface area contributed by atoms with Gasteiger partial charge in [0.05, 0.1) is 35.0 Å². The van der Waals surface area contributed by atoms with E-state index in [1.54, 1.807) is 6.92 Å². The Kier molecular flexibility index (Phi) is 5.91. The van der Waals surface area contributed by atoms with E-state index >= 15 is 0 Å². The Hall–Kier alpha value is -3.31. The molecule has 1 aliphatic heterocycles. The van der Waals surface area contributed by atoms with E-state index in [1.165, 1.54) is 25.1 Å². The van der Waals surface area contributed by atoms with Crippen molar-refractivity contribution in [3.8, 4) is 17.2 Å². The molecular weight excluding hydrogens is 484 g/mol. The standard InChI is InChI=1S/C27H28O10/c1-10-11(2)36-18(7-16(10)30)37-17-9-27(35,12(3)28)8-14-20(17)26(34)22-21(24(14)32)23(31)13-5-4-6-15(29)19(13)25(22)33/h4-6,10-11,16-18,29-30,32,34-35H,7-9H2,1-3H3/t10-,11+,16+,17+,18+,27+/m1/s1. The van der Waals surface area contributed by atoms with E-state index in [-0.39, 0.29) is 47.1 Å². The summed E-state index contributed by atoms with van der Waals surface area (Å²) in [6.07, 6.45) is -4.04. The highest BCUT2D eigenvalue weighted by Crippen LogP contribution is 2.52. The third-order valence-corrected chi connectivity index (χ3v) is 7.99. The number of aromatic hydroxyl groups is 3. The molecular formula is C27H28O10. The molecule has 2 aliphatic carbocycles. The zero-order valence-electron chi connectivity index (χ0n) is 20.5. The largest absolute Gasteiger partial charge is 0.507 e. The summed E-state index contributed by atoms with van der Waals surface area (Å²) in [6.45, 7) is 4.76. The van der Waals surface area contributed by atoms with Gasteiger partial charge in [-0.3, -0.25) is 14.4 Å². The number of Topliss-reactive ketones (excluding diaryl/α,β-unsaturated/α-hetero) is 1. The van der Waals surface area contributed by atoms with E-state index in [2.05, 4.69) is 0 Å². The van der Waals surface area contributed by atoms with E-state index in [0.29, 0.717) is 0 Å². The van der Waals surface area contributed by atoms with Crippen molar-refractivity contribution >= 4 is 17.3 Å². The highest BCUT2D eigenvalue weighted by atomic mass is 16.7. The van der Waals surface area contributed by atoms with E-state index in [0.717, 1.165) is 0 Å². The average Bonchev–Trinajstić information content (AvgIpc) is 2.82. The third kappa shape index (κ3) is 3.74. The Bertz CT molecular complexity index is 1340. The van der Waals surface area contributed by atoms with E-state index in [1.807, 2.05) is 6.92 Å². The van der Waals surface area contributed by atoms with E-state index < -0.39 is 76.2 Å². The zero-order valence-corrected chi connectivity index (χ0v) is 20.5. The number of carbonyl (C=O) groups is 3. The van der Waals surface area contributed by atoms with Crippen LogP contribution in [0.5, 0.6) is 17.2 Å². The topological polar surface area (TPSA) is 171 Å². The zero-order chi connectivity index (χ0) is 27.0. The van der Waals surface area contributed by atoms with Gasteiger partial charge in [-0.15, -0.1) is 0 Å². The molecule has 2 aromatic carbocycles. The number of phenolic OH excluding ortho intramolecular Hbond substituents is 3. The molecule has 1 saturated heterocycles. The summed E-state index contributed by atoms with van der Waals surface area (Å²) >= 11 is 0. The minimum atomic E-state index is -2.00. The van der Waals surface area contributed by atoms with Gasteiger partial charge in [0.1, 0.15) is 22.8 Å². The maximum Gasteiger partial charge on any atom is 0.202 e. The molecule has 2 aromatic rings. The minimum Gasteiger partial charge on any atom is -0.507 e. The van der Waals surface area contributed by atoms with Crippen molar-refractivity contribution in [2.75, 3.05) is 0 Å². The maximum atomic E-state index is 13.4. The second kappa shape index (κ2) is 8.63. The van der Waals surface area contributed by atoms with Crippen molar-refractivity contribution in [2.24, 2.45) is 5.92 Å². The average molecular weight is 513 g/mol. The predicted molar refractivity (Wildman–Crippen MR) is 127 cm³/mol. The molecule has 10 nitrogen and oxygen atoms in total. The van der Waals surface area contributed by atoms with Crippen LogP contribution in [0, 0.1) is 5.92 Å². The molecule has 37 heavy (non-hydrogen) atoms. The summed E-state index contributed by atoms with van der Waals surface area (Å²) in [5.74, 6) is -4.22. The number of hydrogen-bond acceptors (Lipinski definition) is 10. The van der Waals surface area contributed by atoms with Gasteiger partial charge in [0, 0.05) is 41.9 Å². The van der Waals surface area contributed by atoms with Gasteiger partial charge in [-0.1, -0.05) is 19.1 Å². The van der Waals surface area contributed by atoms with Crippen LogP contribution in [0.1, 0.15) is 82.7 Å². The smallest absolute Gasteiger partial charge is 0.202 e. The second-order valence-corrected chi connectivity index (χ2v) is 10.2. The molecule has 0 amide bonds. The molecule has 0 aromatic heterocycles. The van der Waals surface area contributed by atoms with Gasteiger partial charge in [-0.25, -0.2) is 0 Å². The Morgan fingerprint density at radius 3 is 2.38 bits per heavy atom. The lowest BCUT2D eigenvalue weighted by Crippen LogP contribution is -2.47. The number of fused-ring (bicyclic) bond motifs is 3. The normalized spacial score (nSPS) is 30.9. The summed E-state index contributed by atoms with van der Waals surface area (Å²) in [5, 5.41) is 54.5. The highest BCUT2D eigenvalue weighted by Gasteiger charge is 2.49. The summed E-state index contributed by atoms with van der Waals surface area (Å²) in [7, 11) is 0. The molecule has 0 saturated carbocycles. The summed E-state index contributed by atoms with van der Waals surface area (Å²) < 4.78 is 11.9. The first-order valence-corrected chi connectivity index (χ1v) is 12.1. The van der Waals surface area contributed by atoms with Gasteiger partial charge >= 0.3 is 0 Å². The summed E-state index contributed by atoms with van der Waals surface area (Å²) in [4.78, 5) is 39.2. The molecule has 0 spiro atoms. The number of rotatable bonds is 3. The number of aliphatic hydroxyl groups excluding tert-OH is 1. The van der Waals surface area contributed by atoms with Crippen LogP contribution in [0.15, 0.2) is 18.2 Å². The Labute approximate surface area is 212 Å². The van der Waals surface area contributed by atoms with Crippen LogP contribution in [-0.4, -0.2) is 67.0 Å². The van der Waals surface area contributed by atoms with Gasteiger partial charge in [0.15, 0.2) is 17.9 Å². The first-order chi connectivity index (χ1) is 17.4. The fraction of sp³-hybridized carbons (Fsp3) is 0.444. The predicted octanol–water partition coefficient (Wildman–Crippen LogP) is 2.03. The first kappa shape index (κ1) is 25.3. The fourth-order valence-electron chi connectivity index (χ4n) is 5.56. The molecule has 1 fully saturated rings. The third-order valence-electron chi connectivity index (χ3n) is 7.99. The Balaban J connectivity index is 1.68. The first-order valence-electron chi connectivity index (χ1n) is 12.1. The van der Waals surface area contributed by atoms with Gasteiger partial charge in [-0.05, 0) is 19.9 Å². The molecule has 6 atom stereocenters. The molecule has 0 bridgehead atoms. The lowest BCUT2D eigenvalue weighted by atomic mass is 9.72. The Morgan fingerprint density at radius 1 is 1.05 bits per heavy atom. The van der Waals surface area contributed by atoms with Crippen LogP contribution in [0.4, 0.5) is 0 Å². The Morgan fingerprint density at radius 2 is 1.73 bits per heavy atom. The van der Waals surface area contributed by atoms with Gasteiger partial charge < -0.3 is 35.0 Å². The molecule has 5 N–H and O–H groups in total. The van der Waals surface area contributed by atoms with Crippen LogP contribution in [0.25, 0.3) is 0 Å². The second-order valence-electron chi connectivity index (χ2n) is 10.2. The monoisotopic (exact) mass is 512 g/mol. The summed E-state index contributed by atoms with van der Waals surface area (Å²) in [6, 6.07) is 3.93. The van der Waals surface area contributed by atoms with Crippen LogP contribution in [0.2, 0.25) is 0 Å². The van der Waals surface area contributed by atoms with Crippen molar-refractivity contribution in [1.82, 2.24) is 0 Å². The molecule has 5 rings (SSSR count). The van der Waals surface area contributed by atoms with Gasteiger partial charge in [-0.2, -0.15) is 0 Å². The number of benzene rings is 2. The molecule has 0 radical (unpaired) electrons. The summed E-state index contributed by atoms with van der Waals surface area (Å²) in [5.41, 5.74) is -3.59. The van der Waals surface area contributed by atoms with Gasteiger partial charge in [0.25, 0.3) is 0 Å². The van der Waals surface area contributed by atoms with Crippen LogP contribution >= 0.6 is 0 Å². The number of aliphatic hydroxyl groups is 2. The SMILES string of the molecule is CC(=O)[C@]1(O)Cc2c(O)c3c(c(O)c2[C@@H](O[C@H]2C[C@H](O)[C@H](C)[C@H](C)O2)C1)C(=O)c1c(O)cccc1C3=O. The van der Waals surface area contributed by atoms with Gasteiger partial charge in [0.2, 0.25) is 5.78 Å². The van der Waals surface area contributed by atoms with Crippen molar-refractivity contribution in [3.63, 3.8) is 0 Å². The van der Waals surface area contributed by atoms with Crippen LogP contribution < -0.4 is 0 Å². The molecule has 1 heterocycles. The molecule has 0 unspecified atom stereocenters. The van der Waals surface area contributed by atoms with E-state index in [4.69, 9.17) is 9.47 Å².